The normalized spacial score (nSPS) is 14.3. The van der Waals surface area contributed by atoms with Crippen molar-refractivity contribution in [3.05, 3.63) is 66.6 Å². The zero-order valence-corrected chi connectivity index (χ0v) is 17.6. The quantitative estimate of drug-likeness (QED) is 0.453. The summed E-state index contributed by atoms with van der Waals surface area (Å²) in [6.07, 6.45) is 8.56. The van der Waals surface area contributed by atoms with Gasteiger partial charge in [0.25, 0.3) is 0 Å². The van der Waals surface area contributed by atoms with Gasteiger partial charge in [-0.3, -0.25) is 4.72 Å². The van der Waals surface area contributed by atoms with Crippen molar-refractivity contribution in [3.8, 4) is 16.8 Å². The average molecular weight is 421 g/mol. The van der Waals surface area contributed by atoms with E-state index in [0.717, 1.165) is 47.0 Å². The number of anilines is 1. The Labute approximate surface area is 176 Å². The van der Waals surface area contributed by atoms with Crippen LogP contribution in [0.1, 0.15) is 25.3 Å². The van der Waals surface area contributed by atoms with Crippen molar-refractivity contribution in [3.63, 3.8) is 0 Å². The van der Waals surface area contributed by atoms with Crippen LogP contribution in [-0.2, 0) is 16.4 Å². The summed E-state index contributed by atoms with van der Waals surface area (Å²) < 4.78 is 29.4. The molecule has 0 spiro atoms. The van der Waals surface area contributed by atoms with Crippen molar-refractivity contribution >= 4 is 26.6 Å². The van der Waals surface area contributed by atoms with Gasteiger partial charge in [0.05, 0.1) is 23.3 Å². The fraction of sp³-hybridized carbons (Fsp3) is 0.261. The molecule has 154 valence electrons. The van der Waals surface area contributed by atoms with Gasteiger partial charge in [-0.25, -0.2) is 13.1 Å². The molecule has 1 aliphatic rings. The van der Waals surface area contributed by atoms with Crippen molar-refractivity contribution < 1.29 is 8.42 Å². The molecule has 1 saturated carbocycles. The van der Waals surface area contributed by atoms with Crippen molar-refractivity contribution in [2.45, 2.75) is 26.2 Å². The van der Waals surface area contributed by atoms with Gasteiger partial charge in [0, 0.05) is 28.9 Å². The van der Waals surface area contributed by atoms with Gasteiger partial charge in [-0.1, -0.05) is 25.1 Å². The molecule has 2 N–H and O–H groups in total. The highest BCUT2D eigenvalue weighted by Gasteiger charge is 2.28. The van der Waals surface area contributed by atoms with Crippen LogP contribution < -0.4 is 4.72 Å². The predicted molar refractivity (Wildman–Crippen MR) is 120 cm³/mol. The lowest BCUT2D eigenvalue weighted by Crippen LogP contribution is -2.17. The summed E-state index contributed by atoms with van der Waals surface area (Å²) in [6, 6.07) is 14.3. The van der Waals surface area contributed by atoms with Gasteiger partial charge in [-0.2, -0.15) is 5.10 Å². The number of hydrogen-bond acceptors (Lipinski definition) is 3. The Bertz CT molecular complexity index is 1300. The Morgan fingerprint density at radius 1 is 1.13 bits per heavy atom. The van der Waals surface area contributed by atoms with E-state index in [0.29, 0.717) is 11.6 Å². The molecule has 0 radical (unpaired) electrons. The van der Waals surface area contributed by atoms with Gasteiger partial charge < -0.3 is 4.98 Å². The van der Waals surface area contributed by atoms with Crippen molar-refractivity contribution in [1.29, 1.82) is 0 Å². The van der Waals surface area contributed by atoms with E-state index in [1.54, 1.807) is 6.20 Å². The largest absolute Gasteiger partial charge is 0.359 e. The van der Waals surface area contributed by atoms with Crippen LogP contribution in [0.5, 0.6) is 0 Å². The Morgan fingerprint density at radius 2 is 1.93 bits per heavy atom. The second kappa shape index (κ2) is 7.32. The number of hydrogen-bond donors (Lipinski definition) is 2. The number of aromatic amines is 1. The molecule has 2 aromatic carbocycles. The van der Waals surface area contributed by atoms with Crippen LogP contribution in [0.4, 0.5) is 5.69 Å². The first-order valence-electron chi connectivity index (χ1n) is 10.3. The number of sulfonamides is 1. The zero-order chi connectivity index (χ0) is 20.7. The van der Waals surface area contributed by atoms with Crippen LogP contribution >= 0.6 is 0 Å². The molecule has 0 amide bonds. The second-order valence-electron chi connectivity index (χ2n) is 7.98. The van der Waals surface area contributed by atoms with E-state index >= 15 is 0 Å². The Hall–Kier alpha value is -3.06. The number of aryl methyl sites for hydroxylation is 1. The second-order valence-corrected chi connectivity index (χ2v) is 9.75. The number of rotatable bonds is 7. The third-order valence-corrected chi connectivity index (χ3v) is 7.07. The molecule has 5 rings (SSSR count). The first kappa shape index (κ1) is 18.9. The number of nitrogens with zero attached hydrogens (tertiary/aromatic N) is 2. The van der Waals surface area contributed by atoms with Crippen molar-refractivity contribution in [2.75, 3.05) is 10.5 Å². The molecule has 30 heavy (non-hydrogen) atoms. The maximum atomic E-state index is 12.4. The summed E-state index contributed by atoms with van der Waals surface area (Å²) in [5.41, 5.74) is 5.75. The Balaban J connectivity index is 1.44. The number of benzene rings is 2. The summed E-state index contributed by atoms with van der Waals surface area (Å²) in [5.74, 6) is 0.503. The van der Waals surface area contributed by atoms with E-state index in [1.165, 1.54) is 5.56 Å². The monoisotopic (exact) mass is 420 g/mol. The van der Waals surface area contributed by atoms with Gasteiger partial charge >= 0.3 is 0 Å². The van der Waals surface area contributed by atoms with Crippen molar-refractivity contribution in [1.82, 2.24) is 14.8 Å². The van der Waals surface area contributed by atoms with Crippen LogP contribution in [0.3, 0.4) is 0 Å². The molecule has 1 fully saturated rings. The SMILES string of the molecule is CCc1ccc(-n2cc(-c3ccc4[nH]cc(NS(=O)(=O)CC5CC5)c4c3)cn2)cc1. The summed E-state index contributed by atoms with van der Waals surface area (Å²) in [4.78, 5) is 3.15. The molecule has 4 aromatic rings. The fourth-order valence-corrected chi connectivity index (χ4v) is 5.23. The molecule has 1 aliphatic carbocycles. The van der Waals surface area contributed by atoms with Gasteiger partial charge in [0.1, 0.15) is 0 Å². The molecule has 0 unspecified atom stereocenters. The molecule has 7 heteroatoms. The molecule has 2 heterocycles. The average Bonchev–Trinajstić information content (AvgIpc) is 3.26. The highest BCUT2D eigenvalue weighted by molar-refractivity contribution is 7.92. The highest BCUT2D eigenvalue weighted by atomic mass is 32.2. The molecule has 0 aliphatic heterocycles. The fourth-order valence-electron chi connectivity index (χ4n) is 3.69. The summed E-state index contributed by atoms with van der Waals surface area (Å²) in [5, 5.41) is 5.36. The van der Waals surface area contributed by atoms with Crippen LogP contribution in [-0.4, -0.2) is 28.9 Å². The van der Waals surface area contributed by atoms with Gasteiger partial charge in [-0.05, 0) is 60.6 Å². The zero-order valence-electron chi connectivity index (χ0n) is 16.8. The van der Waals surface area contributed by atoms with Gasteiger partial charge in [0.2, 0.25) is 10.0 Å². The molecule has 0 saturated heterocycles. The van der Waals surface area contributed by atoms with Crippen LogP contribution in [0.25, 0.3) is 27.7 Å². The van der Waals surface area contributed by atoms with Crippen molar-refractivity contribution in [2.24, 2.45) is 5.92 Å². The predicted octanol–water partition coefficient (Wildman–Crippen LogP) is 4.73. The van der Waals surface area contributed by atoms with Crippen LogP contribution in [0.2, 0.25) is 0 Å². The van der Waals surface area contributed by atoms with E-state index in [9.17, 15) is 8.42 Å². The topological polar surface area (TPSA) is 79.8 Å². The minimum absolute atomic E-state index is 0.197. The van der Waals surface area contributed by atoms with E-state index < -0.39 is 10.0 Å². The van der Waals surface area contributed by atoms with E-state index in [4.69, 9.17) is 0 Å². The standard InChI is InChI=1S/C23H24N4O2S/c1-2-16-5-8-20(9-6-16)27-14-19(12-25-27)18-7-10-22-21(11-18)23(13-24-22)26-30(28,29)15-17-3-4-17/h5-14,17,24,26H,2-4,15H2,1H3. The lowest BCUT2D eigenvalue weighted by molar-refractivity contribution is 0.597. The lowest BCUT2D eigenvalue weighted by Gasteiger charge is -2.06. The minimum Gasteiger partial charge on any atom is -0.359 e. The van der Waals surface area contributed by atoms with Crippen LogP contribution in [0, 0.1) is 5.92 Å². The maximum absolute atomic E-state index is 12.4. The third kappa shape index (κ3) is 3.85. The number of aromatic nitrogens is 3. The maximum Gasteiger partial charge on any atom is 0.233 e. The third-order valence-electron chi connectivity index (χ3n) is 5.62. The number of nitrogens with one attached hydrogen (secondary N) is 2. The minimum atomic E-state index is -3.33. The first-order chi connectivity index (χ1) is 14.5. The molecule has 2 aromatic heterocycles. The molecule has 6 nitrogen and oxygen atoms in total. The summed E-state index contributed by atoms with van der Waals surface area (Å²) in [6.45, 7) is 2.14. The summed E-state index contributed by atoms with van der Waals surface area (Å²) >= 11 is 0. The number of H-pyrrole nitrogens is 1. The molecule has 0 bridgehead atoms. The smallest absolute Gasteiger partial charge is 0.233 e. The van der Waals surface area contributed by atoms with Crippen LogP contribution in [0.15, 0.2) is 61.1 Å². The molecular weight excluding hydrogens is 396 g/mol. The first-order valence-corrected chi connectivity index (χ1v) is 11.9. The molecular formula is C23H24N4O2S. The lowest BCUT2D eigenvalue weighted by atomic mass is 10.1. The number of fused-ring (bicyclic) bond motifs is 1. The summed E-state index contributed by atoms with van der Waals surface area (Å²) in [7, 11) is -3.33. The van der Waals surface area contributed by atoms with Gasteiger partial charge in [0.15, 0.2) is 0 Å². The molecule has 0 atom stereocenters. The Kier molecular flexibility index (Phi) is 4.62. The van der Waals surface area contributed by atoms with E-state index in [2.05, 4.69) is 46.0 Å². The van der Waals surface area contributed by atoms with E-state index in [-0.39, 0.29) is 5.75 Å². The highest BCUT2D eigenvalue weighted by Crippen LogP contribution is 2.33. The van der Waals surface area contributed by atoms with Gasteiger partial charge in [-0.15, -0.1) is 0 Å². The van der Waals surface area contributed by atoms with E-state index in [1.807, 2.05) is 35.3 Å². The Morgan fingerprint density at radius 3 is 2.67 bits per heavy atom.